The molecule has 0 spiro atoms. The zero-order valence-corrected chi connectivity index (χ0v) is 15.9. The Balaban J connectivity index is 1.57. The van der Waals surface area contributed by atoms with Crippen molar-refractivity contribution in [3.63, 3.8) is 0 Å². The van der Waals surface area contributed by atoms with Gasteiger partial charge < -0.3 is 21.0 Å². The number of hydrogen-bond acceptors (Lipinski definition) is 5. The largest absolute Gasteiger partial charge is 0.387 e. The summed E-state index contributed by atoms with van der Waals surface area (Å²) in [5, 5.41) is 13.6. The fraction of sp³-hybridized carbons (Fsp3) is 0.333. The Morgan fingerprint density at radius 2 is 2.14 bits per heavy atom. The summed E-state index contributed by atoms with van der Waals surface area (Å²) in [5.41, 5.74) is 4.35. The SMILES string of the molecule is CNc1c(C=N)cccc1CNC(=O)c1nccc2[nH]c(C3CCCC3)nc12. The van der Waals surface area contributed by atoms with Crippen LogP contribution in [0, 0.1) is 5.41 Å². The second-order valence-corrected chi connectivity index (χ2v) is 7.12. The molecule has 1 aliphatic carbocycles. The van der Waals surface area contributed by atoms with Crippen molar-refractivity contribution in [1.82, 2.24) is 20.3 Å². The van der Waals surface area contributed by atoms with Crippen LogP contribution in [-0.4, -0.2) is 34.1 Å². The first kappa shape index (κ1) is 18.2. The second-order valence-electron chi connectivity index (χ2n) is 7.12. The number of hydrogen-bond donors (Lipinski definition) is 4. The normalized spacial score (nSPS) is 14.3. The van der Waals surface area contributed by atoms with Gasteiger partial charge in [-0.2, -0.15) is 0 Å². The van der Waals surface area contributed by atoms with Crippen LogP contribution in [0.25, 0.3) is 11.0 Å². The molecule has 1 aromatic carbocycles. The van der Waals surface area contributed by atoms with E-state index < -0.39 is 0 Å². The molecule has 4 N–H and O–H groups in total. The lowest BCUT2D eigenvalue weighted by molar-refractivity contribution is 0.0947. The molecule has 1 amide bonds. The van der Waals surface area contributed by atoms with E-state index in [9.17, 15) is 4.79 Å². The Kier molecular flexibility index (Phi) is 5.06. The fourth-order valence-electron chi connectivity index (χ4n) is 3.96. The molecule has 1 saturated carbocycles. The molecule has 0 unspecified atom stereocenters. The Hall–Kier alpha value is -3.22. The van der Waals surface area contributed by atoms with E-state index >= 15 is 0 Å². The number of aromatic nitrogens is 3. The summed E-state index contributed by atoms with van der Waals surface area (Å²) >= 11 is 0. The summed E-state index contributed by atoms with van der Waals surface area (Å²) in [6, 6.07) is 7.54. The van der Waals surface area contributed by atoms with Crippen molar-refractivity contribution in [2.24, 2.45) is 0 Å². The molecule has 4 rings (SSSR count). The minimum Gasteiger partial charge on any atom is -0.387 e. The van der Waals surface area contributed by atoms with Gasteiger partial charge in [0.25, 0.3) is 5.91 Å². The van der Waals surface area contributed by atoms with Crippen molar-refractivity contribution in [1.29, 1.82) is 5.41 Å². The summed E-state index contributed by atoms with van der Waals surface area (Å²) in [6.07, 6.45) is 7.69. The minimum absolute atomic E-state index is 0.252. The van der Waals surface area contributed by atoms with Crippen molar-refractivity contribution in [3.05, 3.63) is 53.1 Å². The Labute approximate surface area is 163 Å². The summed E-state index contributed by atoms with van der Waals surface area (Å²) in [7, 11) is 1.81. The van der Waals surface area contributed by atoms with Crippen molar-refractivity contribution in [2.45, 2.75) is 38.1 Å². The fourth-order valence-corrected chi connectivity index (χ4v) is 3.96. The number of amides is 1. The number of carbonyl (C=O) groups excluding carboxylic acids is 1. The van der Waals surface area contributed by atoms with Gasteiger partial charge in [0.05, 0.1) is 5.52 Å². The lowest BCUT2D eigenvalue weighted by atomic mass is 10.1. The van der Waals surface area contributed by atoms with E-state index in [0.29, 0.717) is 23.7 Å². The van der Waals surface area contributed by atoms with Crippen LogP contribution in [0.15, 0.2) is 30.5 Å². The predicted octanol–water partition coefficient (Wildman–Crippen LogP) is 3.58. The van der Waals surface area contributed by atoms with Crippen molar-refractivity contribution < 1.29 is 4.79 Å². The Bertz CT molecular complexity index is 1020. The average molecular weight is 376 g/mol. The zero-order valence-electron chi connectivity index (χ0n) is 15.9. The van der Waals surface area contributed by atoms with Gasteiger partial charge in [-0.3, -0.25) is 4.79 Å². The third kappa shape index (κ3) is 3.35. The van der Waals surface area contributed by atoms with E-state index in [1.165, 1.54) is 19.1 Å². The van der Waals surface area contributed by atoms with Crippen molar-refractivity contribution in [2.75, 3.05) is 12.4 Å². The van der Waals surface area contributed by atoms with Gasteiger partial charge in [-0.15, -0.1) is 0 Å². The van der Waals surface area contributed by atoms with E-state index in [1.54, 1.807) is 6.20 Å². The lowest BCUT2D eigenvalue weighted by Gasteiger charge is -2.12. The molecule has 144 valence electrons. The van der Waals surface area contributed by atoms with E-state index in [1.807, 2.05) is 31.3 Å². The number of imidazole rings is 1. The van der Waals surface area contributed by atoms with E-state index in [4.69, 9.17) is 10.4 Å². The highest BCUT2D eigenvalue weighted by molar-refractivity contribution is 6.03. The van der Waals surface area contributed by atoms with Crippen LogP contribution in [0.1, 0.15) is 59.0 Å². The van der Waals surface area contributed by atoms with E-state index in [2.05, 4.69) is 20.6 Å². The van der Waals surface area contributed by atoms with E-state index in [-0.39, 0.29) is 5.91 Å². The van der Waals surface area contributed by atoms with Gasteiger partial charge in [-0.25, -0.2) is 9.97 Å². The summed E-state index contributed by atoms with van der Waals surface area (Å²) in [5.74, 6) is 1.16. The number of nitrogens with zero attached hydrogens (tertiary/aromatic N) is 2. The van der Waals surface area contributed by atoms with Gasteiger partial charge in [0, 0.05) is 43.2 Å². The highest BCUT2D eigenvalue weighted by Crippen LogP contribution is 2.33. The third-order valence-electron chi connectivity index (χ3n) is 5.40. The number of anilines is 1. The first-order chi connectivity index (χ1) is 13.7. The molecule has 7 heteroatoms. The highest BCUT2D eigenvalue weighted by Gasteiger charge is 2.22. The van der Waals surface area contributed by atoms with Gasteiger partial charge in [-0.05, 0) is 24.5 Å². The van der Waals surface area contributed by atoms with Crippen LogP contribution in [0.2, 0.25) is 0 Å². The molecule has 0 aliphatic heterocycles. The molecule has 0 atom stereocenters. The number of carbonyl (C=O) groups is 1. The van der Waals surface area contributed by atoms with Gasteiger partial charge in [-0.1, -0.05) is 31.0 Å². The highest BCUT2D eigenvalue weighted by atomic mass is 16.1. The van der Waals surface area contributed by atoms with Gasteiger partial charge >= 0.3 is 0 Å². The van der Waals surface area contributed by atoms with Crippen molar-refractivity contribution >= 4 is 28.8 Å². The predicted molar refractivity (Wildman–Crippen MR) is 110 cm³/mol. The van der Waals surface area contributed by atoms with Crippen LogP contribution in [-0.2, 0) is 6.54 Å². The number of fused-ring (bicyclic) bond motifs is 1. The number of benzene rings is 1. The molecule has 1 aliphatic rings. The standard InChI is InChI=1S/C21H24N6O/c1-23-17-14(11-22)7-4-8-15(17)12-25-21(28)19-18-16(9-10-24-19)26-20(27-18)13-5-2-3-6-13/h4,7-11,13,22-23H,2-3,5-6,12H2,1H3,(H,25,28)(H,26,27). The van der Waals surface area contributed by atoms with Crippen molar-refractivity contribution in [3.8, 4) is 0 Å². The maximum Gasteiger partial charge on any atom is 0.272 e. The molecule has 1 fully saturated rings. The zero-order chi connectivity index (χ0) is 19.5. The average Bonchev–Trinajstić information content (AvgIpc) is 3.40. The molecule has 28 heavy (non-hydrogen) atoms. The molecule has 0 radical (unpaired) electrons. The van der Waals surface area contributed by atoms with Crippen LogP contribution in [0.4, 0.5) is 5.69 Å². The Morgan fingerprint density at radius 1 is 1.32 bits per heavy atom. The molecular formula is C21H24N6O. The third-order valence-corrected chi connectivity index (χ3v) is 5.40. The molecular weight excluding hydrogens is 352 g/mol. The van der Waals surface area contributed by atoms with E-state index in [0.717, 1.165) is 41.0 Å². The number of nitrogens with one attached hydrogen (secondary N) is 4. The van der Waals surface area contributed by atoms with Gasteiger partial charge in [0.1, 0.15) is 11.3 Å². The molecule has 2 aromatic heterocycles. The first-order valence-corrected chi connectivity index (χ1v) is 9.64. The smallest absolute Gasteiger partial charge is 0.272 e. The number of para-hydroxylation sites is 1. The van der Waals surface area contributed by atoms with Crippen LogP contribution in [0.5, 0.6) is 0 Å². The molecule has 2 heterocycles. The number of pyridine rings is 1. The maximum absolute atomic E-state index is 12.8. The molecule has 7 nitrogen and oxygen atoms in total. The number of aromatic amines is 1. The molecule has 0 bridgehead atoms. The van der Waals surface area contributed by atoms with Crippen LogP contribution >= 0.6 is 0 Å². The van der Waals surface area contributed by atoms with Crippen LogP contribution < -0.4 is 10.6 Å². The maximum atomic E-state index is 12.8. The van der Waals surface area contributed by atoms with Gasteiger partial charge in [0.2, 0.25) is 0 Å². The minimum atomic E-state index is -0.252. The quantitative estimate of drug-likeness (QED) is 0.493. The first-order valence-electron chi connectivity index (χ1n) is 9.64. The monoisotopic (exact) mass is 376 g/mol. The summed E-state index contributed by atoms with van der Waals surface area (Å²) < 4.78 is 0. The Morgan fingerprint density at radius 3 is 2.89 bits per heavy atom. The second kappa shape index (κ2) is 7.80. The van der Waals surface area contributed by atoms with Gasteiger partial charge in [0.15, 0.2) is 5.69 Å². The molecule has 0 saturated heterocycles. The molecule has 3 aromatic rings. The number of rotatable bonds is 6. The summed E-state index contributed by atoms with van der Waals surface area (Å²) in [4.78, 5) is 25.2. The lowest BCUT2D eigenvalue weighted by Crippen LogP contribution is -2.24. The summed E-state index contributed by atoms with van der Waals surface area (Å²) in [6.45, 7) is 0.342. The van der Waals surface area contributed by atoms with Crippen LogP contribution in [0.3, 0.4) is 0 Å². The number of H-pyrrole nitrogens is 1. The topological polar surface area (TPSA) is 107 Å².